The van der Waals surface area contributed by atoms with Gasteiger partial charge in [-0.15, -0.1) is 0 Å². The van der Waals surface area contributed by atoms with E-state index in [1.807, 2.05) is 0 Å². The Bertz CT molecular complexity index is 373. The smallest absolute Gasteiger partial charge is 0.342 e. The van der Waals surface area contributed by atoms with E-state index in [-0.39, 0.29) is 12.6 Å². The summed E-state index contributed by atoms with van der Waals surface area (Å²) >= 11 is 0. The number of benzene rings is 1. The van der Waals surface area contributed by atoms with Gasteiger partial charge in [0.05, 0.1) is 7.11 Å². The Balaban J connectivity index is 2.64. The molecule has 0 bridgehead atoms. The van der Waals surface area contributed by atoms with E-state index in [4.69, 9.17) is 15.2 Å². The van der Waals surface area contributed by atoms with Crippen molar-refractivity contribution >= 4 is 11.7 Å². The average Bonchev–Trinajstić information content (AvgIpc) is 2.46. The Hall–Kier alpha value is -1.71. The van der Waals surface area contributed by atoms with E-state index in [0.717, 1.165) is 5.56 Å². The van der Waals surface area contributed by atoms with Gasteiger partial charge in [0.15, 0.2) is 0 Å². The van der Waals surface area contributed by atoms with Crippen molar-refractivity contribution < 1.29 is 14.3 Å². The van der Waals surface area contributed by atoms with E-state index in [1.165, 1.54) is 7.11 Å². The minimum absolute atomic E-state index is 0.287. The van der Waals surface area contributed by atoms with Crippen molar-refractivity contribution in [2.75, 3.05) is 12.8 Å². The lowest BCUT2D eigenvalue weighted by atomic mass is 10.1. The monoisotopic (exact) mass is 179 g/mol. The lowest BCUT2D eigenvalue weighted by Crippen LogP contribution is -1.99. The van der Waals surface area contributed by atoms with Crippen LogP contribution in [0.5, 0.6) is 5.75 Å². The number of carbonyl (C=O) groups excluding carboxylic acids is 1. The lowest BCUT2D eigenvalue weighted by Gasteiger charge is -2.04. The summed E-state index contributed by atoms with van der Waals surface area (Å²) in [5.41, 5.74) is 7.47. The fourth-order valence-corrected chi connectivity index (χ4v) is 1.42. The molecule has 4 heteroatoms. The Labute approximate surface area is 75.2 Å². The summed E-state index contributed by atoms with van der Waals surface area (Å²) in [7, 11) is 1.50. The number of esters is 1. The number of hydrogen-bond acceptors (Lipinski definition) is 4. The first-order valence-electron chi connectivity index (χ1n) is 3.86. The molecule has 0 fully saturated rings. The van der Waals surface area contributed by atoms with Crippen molar-refractivity contribution in [2.24, 2.45) is 0 Å². The second-order valence-electron chi connectivity index (χ2n) is 2.83. The van der Waals surface area contributed by atoms with Crippen molar-refractivity contribution in [2.45, 2.75) is 6.61 Å². The number of anilines is 1. The number of carbonyl (C=O) groups is 1. The third kappa shape index (κ3) is 1.11. The molecule has 0 aromatic heterocycles. The molecule has 13 heavy (non-hydrogen) atoms. The molecule has 0 unspecified atom stereocenters. The van der Waals surface area contributed by atoms with Crippen LogP contribution >= 0.6 is 0 Å². The van der Waals surface area contributed by atoms with Crippen LogP contribution in [0.15, 0.2) is 12.1 Å². The second kappa shape index (κ2) is 2.65. The van der Waals surface area contributed by atoms with Gasteiger partial charge in [0.2, 0.25) is 0 Å². The topological polar surface area (TPSA) is 61.5 Å². The summed E-state index contributed by atoms with van der Waals surface area (Å²) in [5.74, 6) is 0.143. The number of hydrogen-bond donors (Lipinski definition) is 1. The number of nitrogens with two attached hydrogens (primary N) is 1. The molecule has 0 atom stereocenters. The molecule has 0 saturated heterocycles. The van der Waals surface area contributed by atoms with Crippen LogP contribution in [0.3, 0.4) is 0 Å². The van der Waals surface area contributed by atoms with E-state index in [0.29, 0.717) is 17.0 Å². The molecule has 1 aromatic rings. The molecule has 68 valence electrons. The highest BCUT2D eigenvalue weighted by Gasteiger charge is 2.25. The van der Waals surface area contributed by atoms with Crippen LogP contribution in [-0.4, -0.2) is 13.1 Å². The first-order valence-corrected chi connectivity index (χ1v) is 3.86. The molecule has 1 aromatic carbocycles. The summed E-state index contributed by atoms with van der Waals surface area (Å²) < 4.78 is 9.87. The summed E-state index contributed by atoms with van der Waals surface area (Å²) in [6.07, 6.45) is 0. The van der Waals surface area contributed by atoms with Gasteiger partial charge in [0, 0.05) is 17.3 Å². The Kier molecular flexibility index (Phi) is 1.62. The highest BCUT2D eigenvalue weighted by Crippen LogP contribution is 2.31. The van der Waals surface area contributed by atoms with Crippen LogP contribution in [0.1, 0.15) is 15.9 Å². The van der Waals surface area contributed by atoms with E-state index in [1.54, 1.807) is 12.1 Å². The van der Waals surface area contributed by atoms with Crippen molar-refractivity contribution in [1.82, 2.24) is 0 Å². The SMILES string of the molecule is COc1cc(N)cc2c1C(=O)OC2. The fourth-order valence-electron chi connectivity index (χ4n) is 1.42. The maximum atomic E-state index is 11.2. The summed E-state index contributed by atoms with van der Waals surface area (Å²) in [5, 5.41) is 0. The molecule has 0 saturated carbocycles. The van der Waals surface area contributed by atoms with Crippen LogP contribution in [0.25, 0.3) is 0 Å². The summed E-state index contributed by atoms with van der Waals surface area (Å²) in [4.78, 5) is 11.2. The van der Waals surface area contributed by atoms with Crippen LogP contribution in [0.2, 0.25) is 0 Å². The number of rotatable bonds is 1. The van der Waals surface area contributed by atoms with Gasteiger partial charge in [-0.2, -0.15) is 0 Å². The Morgan fingerprint density at radius 2 is 2.31 bits per heavy atom. The number of fused-ring (bicyclic) bond motifs is 1. The van der Waals surface area contributed by atoms with Crippen LogP contribution in [0, 0.1) is 0 Å². The minimum atomic E-state index is -0.341. The molecular formula is C9H9NO3. The third-order valence-electron chi connectivity index (χ3n) is 1.99. The molecule has 1 aliphatic heterocycles. The van der Waals surface area contributed by atoms with E-state index >= 15 is 0 Å². The molecule has 2 N–H and O–H groups in total. The minimum Gasteiger partial charge on any atom is -0.496 e. The molecule has 4 nitrogen and oxygen atoms in total. The Morgan fingerprint density at radius 3 is 3.00 bits per heavy atom. The zero-order chi connectivity index (χ0) is 9.42. The molecule has 0 aliphatic carbocycles. The Morgan fingerprint density at radius 1 is 1.54 bits per heavy atom. The first kappa shape index (κ1) is 7.91. The van der Waals surface area contributed by atoms with E-state index in [2.05, 4.69) is 0 Å². The van der Waals surface area contributed by atoms with Gasteiger partial charge in [0.1, 0.15) is 17.9 Å². The van der Waals surface area contributed by atoms with Crippen molar-refractivity contribution in [1.29, 1.82) is 0 Å². The van der Waals surface area contributed by atoms with Gasteiger partial charge in [-0.25, -0.2) is 4.79 Å². The zero-order valence-corrected chi connectivity index (χ0v) is 7.16. The third-order valence-corrected chi connectivity index (χ3v) is 1.99. The van der Waals surface area contributed by atoms with Gasteiger partial charge >= 0.3 is 5.97 Å². The highest BCUT2D eigenvalue weighted by atomic mass is 16.5. The number of cyclic esters (lactones) is 1. The molecule has 2 rings (SSSR count). The maximum Gasteiger partial charge on any atom is 0.342 e. The van der Waals surface area contributed by atoms with Crippen molar-refractivity contribution in [3.63, 3.8) is 0 Å². The van der Waals surface area contributed by atoms with Gasteiger partial charge in [-0.1, -0.05) is 0 Å². The zero-order valence-electron chi connectivity index (χ0n) is 7.16. The molecule has 1 heterocycles. The van der Waals surface area contributed by atoms with Crippen LogP contribution in [-0.2, 0) is 11.3 Å². The van der Waals surface area contributed by atoms with Crippen molar-refractivity contribution in [3.8, 4) is 5.75 Å². The van der Waals surface area contributed by atoms with E-state index < -0.39 is 0 Å². The first-order chi connectivity index (χ1) is 6.22. The highest BCUT2D eigenvalue weighted by molar-refractivity contribution is 5.97. The molecule has 0 amide bonds. The van der Waals surface area contributed by atoms with Crippen LogP contribution in [0.4, 0.5) is 5.69 Å². The average molecular weight is 179 g/mol. The number of ether oxygens (including phenoxy) is 2. The quantitative estimate of drug-likeness (QED) is 0.515. The van der Waals surface area contributed by atoms with Gasteiger partial charge in [-0.05, 0) is 6.07 Å². The predicted octanol–water partition coefficient (Wildman–Crippen LogP) is 0.948. The molecule has 0 spiro atoms. The van der Waals surface area contributed by atoms with E-state index in [9.17, 15) is 4.79 Å². The second-order valence-corrected chi connectivity index (χ2v) is 2.83. The van der Waals surface area contributed by atoms with Crippen molar-refractivity contribution in [3.05, 3.63) is 23.3 Å². The largest absolute Gasteiger partial charge is 0.496 e. The van der Waals surface area contributed by atoms with Gasteiger partial charge in [-0.3, -0.25) is 0 Å². The maximum absolute atomic E-state index is 11.2. The summed E-state index contributed by atoms with van der Waals surface area (Å²) in [6.45, 7) is 0.287. The lowest BCUT2D eigenvalue weighted by molar-refractivity contribution is 0.0533. The number of methoxy groups -OCH3 is 1. The standard InChI is InChI=1S/C9H9NO3/c1-12-7-3-6(10)2-5-4-13-9(11)8(5)7/h2-3H,4,10H2,1H3. The molecule has 1 aliphatic rings. The molecular weight excluding hydrogens is 170 g/mol. The number of nitrogen functional groups attached to an aromatic ring is 1. The normalized spacial score (nSPS) is 13.8. The molecule has 0 radical (unpaired) electrons. The van der Waals surface area contributed by atoms with Gasteiger partial charge < -0.3 is 15.2 Å². The fraction of sp³-hybridized carbons (Fsp3) is 0.222. The summed E-state index contributed by atoms with van der Waals surface area (Å²) in [6, 6.07) is 3.34. The van der Waals surface area contributed by atoms with Gasteiger partial charge in [0.25, 0.3) is 0 Å². The predicted molar refractivity (Wildman–Crippen MR) is 46.5 cm³/mol. The van der Waals surface area contributed by atoms with Crippen LogP contribution < -0.4 is 10.5 Å².